The third-order valence-electron chi connectivity index (χ3n) is 9.41. The number of nitrogens with two attached hydrogens (primary N) is 1. The van der Waals surface area contributed by atoms with Gasteiger partial charge in [0, 0.05) is 47.4 Å². The largest absolute Gasteiger partial charge is 0.473 e. The van der Waals surface area contributed by atoms with E-state index in [0.717, 1.165) is 23.3 Å². The van der Waals surface area contributed by atoms with E-state index >= 15 is 0 Å². The average molecular weight is 629 g/mol. The number of rotatable bonds is 8. The number of pyridine rings is 1. The molecule has 3 heterocycles. The summed E-state index contributed by atoms with van der Waals surface area (Å²) < 4.78 is 11.3. The van der Waals surface area contributed by atoms with Crippen molar-refractivity contribution in [3.05, 3.63) is 192 Å². The average Bonchev–Trinajstić information content (AvgIpc) is 3.90. The van der Waals surface area contributed by atoms with Crippen LogP contribution in [-0.2, 0) is 9.47 Å². The van der Waals surface area contributed by atoms with Crippen molar-refractivity contribution in [2.75, 3.05) is 0 Å². The molecule has 0 spiro atoms. The number of nitrogens with one attached hydrogen (secondary N) is 2. The van der Waals surface area contributed by atoms with E-state index in [1.54, 1.807) is 24.9 Å². The lowest BCUT2D eigenvalue weighted by atomic mass is 9.67. The van der Waals surface area contributed by atoms with Crippen molar-refractivity contribution in [3.8, 4) is 22.3 Å². The molecule has 0 amide bonds. The molecule has 4 unspecified atom stereocenters. The zero-order valence-electron chi connectivity index (χ0n) is 26.4. The normalized spacial score (nSPS) is 22.2. The van der Waals surface area contributed by atoms with Gasteiger partial charge >= 0.3 is 0 Å². The molecule has 2 aliphatic heterocycles. The van der Waals surface area contributed by atoms with Crippen LogP contribution in [0.15, 0.2) is 170 Å². The first-order chi connectivity index (χ1) is 23.8. The Bertz CT molecular complexity index is 2020. The molecule has 0 saturated carbocycles. The summed E-state index contributed by atoms with van der Waals surface area (Å²) in [6.45, 7) is 0. The molecule has 8 rings (SSSR count). The minimum absolute atomic E-state index is 0.173. The van der Waals surface area contributed by atoms with Gasteiger partial charge in [-0.3, -0.25) is 4.98 Å². The lowest BCUT2D eigenvalue weighted by molar-refractivity contribution is 0.154. The maximum absolute atomic E-state index is 6.02. The zero-order valence-corrected chi connectivity index (χ0v) is 26.4. The van der Waals surface area contributed by atoms with E-state index in [9.17, 15) is 0 Å². The number of hydrogen-bond donors (Lipinski definition) is 3. The fourth-order valence-electron chi connectivity index (χ4n) is 7.06. The molecule has 4 N–H and O–H groups in total. The van der Waals surface area contributed by atoms with Crippen LogP contribution in [0.3, 0.4) is 0 Å². The van der Waals surface area contributed by atoms with Gasteiger partial charge in [-0.25, -0.2) is 0 Å². The van der Waals surface area contributed by atoms with Crippen LogP contribution in [0.5, 0.6) is 0 Å². The van der Waals surface area contributed by atoms with Gasteiger partial charge in [-0.05, 0) is 69.5 Å². The fourth-order valence-corrected chi connectivity index (χ4v) is 7.06. The standard InChI is InChI=1S/C42H36N4O2/c43-26-32(41-44-20-22-47-41)12-7-15-35-34-13-4-5-14-36(34)40(39-19-17-33(27-46-39)42-45-21-23-48-42)37-18-16-31(25-38(35)37)30-11-6-10-29(24-30)28-8-2-1-3-9-28/h1-14,16-27,34-35,41-42,44-45H,15,43H2/b12-7-,32-26+. The second-order valence-corrected chi connectivity index (χ2v) is 12.2. The highest BCUT2D eigenvalue weighted by Crippen LogP contribution is 2.49. The van der Waals surface area contributed by atoms with Crippen LogP contribution in [-0.4, -0.2) is 11.2 Å². The number of hydrogen-bond acceptors (Lipinski definition) is 6. The summed E-state index contributed by atoms with van der Waals surface area (Å²) >= 11 is 0. The van der Waals surface area contributed by atoms with Crippen molar-refractivity contribution in [1.82, 2.24) is 15.6 Å². The van der Waals surface area contributed by atoms with E-state index in [1.807, 2.05) is 12.4 Å². The molecule has 6 heteroatoms. The van der Waals surface area contributed by atoms with Gasteiger partial charge in [0.15, 0.2) is 12.5 Å². The molecule has 0 saturated heterocycles. The van der Waals surface area contributed by atoms with E-state index in [0.29, 0.717) is 0 Å². The van der Waals surface area contributed by atoms with Crippen molar-refractivity contribution in [1.29, 1.82) is 0 Å². The summed E-state index contributed by atoms with van der Waals surface area (Å²) in [6, 6.07) is 30.5. The highest BCUT2D eigenvalue weighted by molar-refractivity contribution is 5.88. The van der Waals surface area contributed by atoms with Gasteiger partial charge in [0.25, 0.3) is 0 Å². The Hall–Kier alpha value is -6.01. The molecule has 1 aromatic heterocycles. The van der Waals surface area contributed by atoms with E-state index in [2.05, 4.69) is 132 Å². The summed E-state index contributed by atoms with van der Waals surface area (Å²) in [5.74, 6) is 0.371. The summed E-state index contributed by atoms with van der Waals surface area (Å²) in [5, 5.41) is 6.41. The molecule has 4 aliphatic rings. The molecule has 236 valence electrons. The molecule has 48 heavy (non-hydrogen) atoms. The molecule has 6 nitrogen and oxygen atoms in total. The summed E-state index contributed by atoms with van der Waals surface area (Å²) in [5.41, 5.74) is 18.6. The smallest absolute Gasteiger partial charge is 0.196 e. The number of benzene rings is 3. The number of ether oxygens (including phenoxy) is 2. The summed E-state index contributed by atoms with van der Waals surface area (Å²) in [4.78, 5) is 5.00. The van der Waals surface area contributed by atoms with Gasteiger partial charge < -0.3 is 25.8 Å². The van der Waals surface area contributed by atoms with Crippen LogP contribution in [0.1, 0.15) is 41.0 Å². The minimum Gasteiger partial charge on any atom is -0.473 e. The van der Waals surface area contributed by atoms with Crippen LogP contribution in [0.2, 0.25) is 0 Å². The summed E-state index contributed by atoms with van der Waals surface area (Å²) in [6.07, 6.45) is 24.0. The van der Waals surface area contributed by atoms with Gasteiger partial charge in [0.1, 0.15) is 12.5 Å². The van der Waals surface area contributed by atoms with Gasteiger partial charge in [0.05, 0.1) is 5.69 Å². The molecular weight excluding hydrogens is 592 g/mol. The molecular formula is C42H36N4O2. The summed E-state index contributed by atoms with van der Waals surface area (Å²) in [7, 11) is 0. The monoisotopic (exact) mass is 628 g/mol. The first-order valence-corrected chi connectivity index (χ1v) is 16.3. The first-order valence-electron chi connectivity index (χ1n) is 16.3. The number of allylic oxidation sites excluding steroid dienone is 6. The van der Waals surface area contributed by atoms with E-state index in [-0.39, 0.29) is 24.3 Å². The maximum atomic E-state index is 6.02. The maximum Gasteiger partial charge on any atom is 0.196 e. The van der Waals surface area contributed by atoms with Crippen molar-refractivity contribution >= 4 is 5.57 Å². The Balaban J connectivity index is 1.21. The second-order valence-electron chi connectivity index (χ2n) is 12.2. The first kappa shape index (κ1) is 29.4. The Morgan fingerprint density at radius 1 is 0.812 bits per heavy atom. The third-order valence-corrected chi connectivity index (χ3v) is 9.41. The molecule has 4 aromatic rings. The topological polar surface area (TPSA) is 81.4 Å². The molecule has 3 aromatic carbocycles. The lowest BCUT2D eigenvalue weighted by Crippen LogP contribution is -2.24. The van der Waals surface area contributed by atoms with Crippen molar-refractivity contribution in [3.63, 3.8) is 0 Å². The quantitative estimate of drug-likeness (QED) is 0.170. The second kappa shape index (κ2) is 13.0. The van der Waals surface area contributed by atoms with E-state index in [1.165, 1.54) is 44.5 Å². The van der Waals surface area contributed by atoms with Crippen LogP contribution < -0.4 is 16.4 Å². The van der Waals surface area contributed by atoms with E-state index in [4.69, 9.17) is 20.2 Å². The molecule has 4 atom stereocenters. The molecule has 0 fully saturated rings. The zero-order chi connectivity index (χ0) is 32.3. The predicted molar refractivity (Wildman–Crippen MR) is 191 cm³/mol. The Kier molecular flexibility index (Phi) is 7.97. The van der Waals surface area contributed by atoms with Gasteiger partial charge in [-0.2, -0.15) is 0 Å². The fraction of sp³-hybridized carbons (Fsp3) is 0.119. The highest BCUT2D eigenvalue weighted by atomic mass is 16.5. The van der Waals surface area contributed by atoms with Crippen LogP contribution in [0.4, 0.5) is 0 Å². The highest BCUT2D eigenvalue weighted by Gasteiger charge is 2.35. The predicted octanol–water partition coefficient (Wildman–Crippen LogP) is 8.35. The number of fused-ring (bicyclic) bond motifs is 2. The van der Waals surface area contributed by atoms with Crippen molar-refractivity contribution < 1.29 is 9.47 Å². The Morgan fingerprint density at radius 2 is 1.62 bits per heavy atom. The number of nitrogens with zero attached hydrogens (tertiary/aromatic N) is 1. The van der Waals surface area contributed by atoms with Crippen LogP contribution in [0, 0.1) is 5.92 Å². The van der Waals surface area contributed by atoms with Gasteiger partial charge in [0.2, 0.25) is 0 Å². The molecule has 0 bridgehead atoms. The van der Waals surface area contributed by atoms with Crippen LogP contribution >= 0.6 is 0 Å². The Labute approximate surface area is 281 Å². The van der Waals surface area contributed by atoms with Crippen molar-refractivity contribution in [2.45, 2.75) is 24.8 Å². The van der Waals surface area contributed by atoms with Crippen LogP contribution in [0.25, 0.3) is 27.8 Å². The van der Waals surface area contributed by atoms with E-state index < -0.39 is 0 Å². The van der Waals surface area contributed by atoms with Gasteiger partial charge in [-0.15, -0.1) is 0 Å². The SMILES string of the molecule is N/C=C(\C=C/CC1c2cc(-c3cccc(-c4ccccc4)c3)ccc2C(c2ccc(C3NC=CO3)cn2)=C2C=CC=CC21)C1NC=CO1. The molecule has 0 radical (unpaired) electrons. The third kappa shape index (κ3) is 5.62. The Morgan fingerprint density at radius 3 is 2.40 bits per heavy atom. The molecule has 2 aliphatic carbocycles. The van der Waals surface area contributed by atoms with Crippen molar-refractivity contribution in [2.24, 2.45) is 11.7 Å². The lowest BCUT2D eigenvalue weighted by Gasteiger charge is -2.36. The minimum atomic E-state index is -0.275. The number of aromatic nitrogens is 1. The van der Waals surface area contributed by atoms with Gasteiger partial charge in [-0.1, -0.05) is 103 Å².